The molecule has 1 aromatic heterocycles. The van der Waals surface area contributed by atoms with Gasteiger partial charge >= 0.3 is 0 Å². The predicted octanol–water partition coefficient (Wildman–Crippen LogP) is 4.06. The quantitative estimate of drug-likeness (QED) is 0.731. The van der Waals surface area contributed by atoms with Gasteiger partial charge in [-0.1, -0.05) is 25.1 Å². The highest BCUT2D eigenvalue weighted by Gasteiger charge is 2.18. The normalized spacial score (nSPS) is 21.7. The lowest BCUT2D eigenvalue weighted by Crippen LogP contribution is -2.21. The van der Waals surface area contributed by atoms with Gasteiger partial charge in [0.15, 0.2) is 4.80 Å². The van der Waals surface area contributed by atoms with E-state index in [1.165, 1.54) is 41.1 Å². The van der Waals surface area contributed by atoms with Gasteiger partial charge in [-0.15, -0.1) is 11.3 Å². The zero-order valence-electron chi connectivity index (χ0n) is 13.4. The molecule has 2 radical (unpaired) electrons. The summed E-state index contributed by atoms with van der Waals surface area (Å²) in [4.78, 5) is 7.50. The average Bonchev–Trinajstić information content (AvgIpc) is 2.67. The van der Waals surface area contributed by atoms with Gasteiger partial charge in [-0.25, -0.2) is 0 Å². The van der Waals surface area contributed by atoms with E-state index in [1.807, 2.05) is 11.3 Å². The zero-order chi connectivity index (χ0) is 14.7. The van der Waals surface area contributed by atoms with Crippen LogP contribution < -0.4 is 4.80 Å². The van der Waals surface area contributed by atoms with Gasteiger partial charge in [0, 0.05) is 22.7 Å². The maximum atomic E-state index is 6.29. The van der Waals surface area contributed by atoms with E-state index in [2.05, 4.69) is 32.3 Å². The lowest BCUT2D eigenvalue weighted by Gasteiger charge is -2.14. The standard InChI is InChI=1S/C16H27BN2S/c1-11(2)18-16-19(12(3)4)14-9-7-5-6-8-13(17)10-15(14)20-16/h11-13H,5-10H2,1-4H3. The Morgan fingerprint density at radius 3 is 2.60 bits per heavy atom. The molecule has 0 saturated heterocycles. The lowest BCUT2D eigenvalue weighted by atomic mass is 9.80. The molecule has 1 atom stereocenters. The largest absolute Gasteiger partial charge is 0.318 e. The van der Waals surface area contributed by atoms with Crippen molar-refractivity contribution < 1.29 is 0 Å². The van der Waals surface area contributed by atoms with Crippen LogP contribution in [0, 0.1) is 0 Å². The first-order valence-electron chi connectivity index (χ1n) is 8.01. The summed E-state index contributed by atoms with van der Waals surface area (Å²) >= 11 is 1.87. The third-order valence-corrected chi connectivity index (χ3v) is 4.99. The van der Waals surface area contributed by atoms with E-state index in [-0.39, 0.29) is 0 Å². The number of nitrogens with zero attached hydrogens (tertiary/aromatic N) is 2. The summed E-state index contributed by atoms with van der Waals surface area (Å²) in [6.45, 7) is 8.83. The Morgan fingerprint density at radius 2 is 1.95 bits per heavy atom. The van der Waals surface area contributed by atoms with Gasteiger partial charge in [-0.2, -0.15) is 0 Å². The maximum absolute atomic E-state index is 6.29. The highest BCUT2D eigenvalue weighted by molar-refractivity contribution is 7.09. The molecule has 1 aliphatic rings. The summed E-state index contributed by atoms with van der Waals surface area (Å²) in [5.41, 5.74) is 1.50. The molecule has 0 amide bonds. The molecular formula is C16H27BN2S. The van der Waals surface area contributed by atoms with Crippen molar-refractivity contribution in [2.24, 2.45) is 4.99 Å². The molecule has 4 heteroatoms. The Kier molecular flexibility index (Phi) is 5.53. The van der Waals surface area contributed by atoms with E-state index >= 15 is 0 Å². The van der Waals surface area contributed by atoms with E-state index in [1.54, 1.807) is 0 Å². The first-order chi connectivity index (χ1) is 9.49. The van der Waals surface area contributed by atoms with Gasteiger partial charge in [0.05, 0.1) is 7.85 Å². The third kappa shape index (κ3) is 3.78. The summed E-state index contributed by atoms with van der Waals surface area (Å²) in [6, 6.07) is 0.824. The number of fused-ring (bicyclic) bond motifs is 1. The Labute approximate surface area is 128 Å². The SMILES string of the molecule is [B]C1CCCCCc2c(sc(=NC(C)C)n2C(C)C)C1. The number of rotatable bonds is 2. The Balaban J connectivity index is 2.50. The summed E-state index contributed by atoms with van der Waals surface area (Å²) in [5.74, 6) is 0.318. The molecule has 0 saturated carbocycles. The average molecular weight is 290 g/mol. The van der Waals surface area contributed by atoms with Gasteiger partial charge in [-0.3, -0.25) is 4.99 Å². The fourth-order valence-corrected chi connectivity index (χ4v) is 4.46. The number of thiazole rings is 1. The van der Waals surface area contributed by atoms with Crippen molar-refractivity contribution in [1.29, 1.82) is 0 Å². The molecule has 0 N–H and O–H groups in total. The van der Waals surface area contributed by atoms with Crippen molar-refractivity contribution in [3.05, 3.63) is 15.4 Å². The molecule has 0 fully saturated rings. The van der Waals surface area contributed by atoms with Gasteiger partial charge in [0.1, 0.15) is 0 Å². The molecule has 20 heavy (non-hydrogen) atoms. The second-order valence-electron chi connectivity index (χ2n) is 6.50. The highest BCUT2D eigenvalue weighted by Crippen LogP contribution is 2.28. The van der Waals surface area contributed by atoms with E-state index in [0.29, 0.717) is 17.9 Å². The zero-order valence-corrected chi connectivity index (χ0v) is 14.2. The number of hydrogen-bond donors (Lipinski definition) is 0. The first-order valence-corrected chi connectivity index (χ1v) is 8.83. The van der Waals surface area contributed by atoms with Crippen molar-refractivity contribution >= 4 is 19.2 Å². The number of aromatic nitrogens is 1. The molecule has 1 heterocycles. The van der Waals surface area contributed by atoms with Crippen molar-refractivity contribution in [2.45, 2.75) is 84.1 Å². The number of hydrogen-bond acceptors (Lipinski definition) is 2. The predicted molar refractivity (Wildman–Crippen MR) is 88.8 cm³/mol. The molecule has 110 valence electrons. The summed E-state index contributed by atoms with van der Waals surface area (Å²) in [6.07, 6.45) is 7.24. The van der Waals surface area contributed by atoms with Crippen LogP contribution in [0.3, 0.4) is 0 Å². The summed E-state index contributed by atoms with van der Waals surface area (Å²) in [7, 11) is 6.29. The van der Waals surface area contributed by atoms with Crippen LogP contribution in [0.4, 0.5) is 0 Å². The highest BCUT2D eigenvalue weighted by atomic mass is 32.1. The maximum Gasteiger partial charge on any atom is 0.185 e. The monoisotopic (exact) mass is 290 g/mol. The minimum Gasteiger partial charge on any atom is -0.318 e. The topological polar surface area (TPSA) is 17.3 Å². The van der Waals surface area contributed by atoms with E-state index in [9.17, 15) is 0 Å². The van der Waals surface area contributed by atoms with Crippen LogP contribution >= 0.6 is 11.3 Å². The van der Waals surface area contributed by atoms with Crippen molar-refractivity contribution in [3.8, 4) is 0 Å². The Hall–Kier alpha value is -0.505. The Morgan fingerprint density at radius 1 is 1.20 bits per heavy atom. The molecule has 0 aromatic carbocycles. The molecule has 1 aromatic rings. The molecule has 0 spiro atoms. The fraction of sp³-hybridized carbons (Fsp3) is 0.812. The van der Waals surface area contributed by atoms with Crippen LogP contribution in [0.15, 0.2) is 4.99 Å². The minimum atomic E-state index is 0.318. The van der Waals surface area contributed by atoms with Crippen molar-refractivity contribution in [2.75, 3.05) is 0 Å². The smallest absolute Gasteiger partial charge is 0.185 e. The van der Waals surface area contributed by atoms with Crippen LogP contribution in [-0.2, 0) is 12.8 Å². The molecule has 1 aliphatic carbocycles. The Bertz CT molecular complexity index is 499. The lowest BCUT2D eigenvalue weighted by molar-refractivity contribution is 0.538. The van der Waals surface area contributed by atoms with Crippen LogP contribution in [0.2, 0.25) is 5.82 Å². The molecule has 1 unspecified atom stereocenters. The van der Waals surface area contributed by atoms with Gasteiger partial charge < -0.3 is 4.57 Å². The van der Waals surface area contributed by atoms with E-state index in [0.717, 1.165) is 12.8 Å². The summed E-state index contributed by atoms with van der Waals surface area (Å²) in [5, 5.41) is 0. The second-order valence-corrected chi connectivity index (χ2v) is 7.57. The fourth-order valence-electron chi connectivity index (χ4n) is 2.95. The van der Waals surface area contributed by atoms with Gasteiger partial charge in [-0.05, 0) is 47.0 Å². The van der Waals surface area contributed by atoms with Crippen molar-refractivity contribution in [3.63, 3.8) is 0 Å². The summed E-state index contributed by atoms with van der Waals surface area (Å²) < 4.78 is 2.46. The molecule has 0 aliphatic heterocycles. The first kappa shape index (κ1) is 15.9. The second kappa shape index (κ2) is 6.97. The molecule has 2 nitrogen and oxygen atoms in total. The van der Waals surface area contributed by atoms with Crippen LogP contribution in [0.5, 0.6) is 0 Å². The van der Waals surface area contributed by atoms with Crippen LogP contribution in [0.25, 0.3) is 0 Å². The molecule has 0 bridgehead atoms. The van der Waals surface area contributed by atoms with E-state index < -0.39 is 0 Å². The van der Waals surface area contributed by atoms with Gasteiger partial charge in [0.25, 0.3) is 0 Å². The van der Waals surface area contributed by atoms with Gasteiger partial charge in [0.2, 0.25) is 0 Å². The van der Waals surface area contributed by atoms with E-state index in [4.69, 9.17) is 12.8 Å². The molecule has 2 rings (SSSR count). The van der Waals surface area contributed by atoms with Crippen LogP contribution in [-0.4, -0.2) is 18.5 Å². The van der Waals surface area contributed by atoms with Crippen LogP contribution in [0.1, 0.15) is 70.0 Å². The molecular weight excluding hydrogens is 263 g/mol. The minimum absolute atomic E-state index is 0.318. The third-order valence-electron chi connectivity index (χ3n) is 3.85. The van der Waals surface area contributed by atoms with Crippen molar-refractivity contribution in [1.82, 2.24) is 4.57 Å².